The summed E-state index contributed by atoms with van der Waals surface area (Å²) in [7, 11) is 0. The second-order valence-corrected chi connectivity index (χ2v) is 6.08. The molecule has 3 aromatic rings. The number of nitrogens with two attached hydrogens (primary N) is 2. The number of hydrogen-bond donors (Lipinski definition) is 4. The number of carbonyl (C=O) groups is 2. The maximum absolute atomic E-state index is 13.3. The Kier molecular flexibility index (Phi) is 5.22. The van der Waals surface area contributed by atoms with Crippen molar-refractivity contribution in [2.45, 2.75) is 0 Å². The maximum Gasteiger partial charge on any atom is 0.350 e. The minimum Gasteiger partial charge on any atom is -0.320 e. The fraction of sp³-hybridized carbons (Fsp3) is 0. The first-order chi connectivity index (χ1) is 12.9. The van der Waals surface area contributed by atoms with Gasteiger partial charge in [0.2, 0.25) is 0 Å². The average molecular weight is 388 g/mol. The second-order valence-electron chi connectivity index (χ2n) is 5.64. The summed E-state index contributed by atoms with van der Waals surface area (Å²) in [5, 5.41) is 5.10. The molecule has 138 valence electrons. The lowest BCUT2D eigenvalue weighted by atomic mass is 10.1. The van der Waals surface area contributed by atoms with Crippen LogP contribution in [0.15, 0.2) is 54.6 Å². The van der Waals surface area contributed by atoms with Gasteiger partial charge in [0.1, 0.15) is 5.82 Å². The van der Waals surface area contributed by atoms with Gasteiger partial charge in [0.25, 0.3) is 5.91 Å². The van der Waals surface area contributed by atoms with Crippen LogP contribution in [-0.4, -0.2) is 11.9 Å². The van der Waals surface area contributed by atoms with Gasteiger partial charge in [0.05, 0.1) is 11.4 Å². The Labute approximate surface area is 158 Å². The zero-order chi connectivity index (χ0) is 19.6. The molecule has 27 heavy (non-hydrogen) atoms. The van der Waals surface area contributed by atoms with Gasteiger partial charge in [0, 0.05) is 10.6 Å². The first kappa shape index (κ1) is 18.6. The number of amides is 3. The second kappa shape index (κ2) is 7.58. The summed E-state index contributed by atoms with van der Waals surface area (Å²) in [5.74, 6) is 10.0. The van der Waals surface area contributed by atoms with Gasteiger partial charge in [-0.3, -0.25) is 10.2 Å². The molecule has 0 atom stereocenters. The molecule has 0 heterocycles. The van der Waals surface area contributed by atoms with E-state index in [1.54, 1.807) is 24.3 Å². The molecule has 6 N–H and O–H groups in total. The Balaban J connectivity index is 1.92. The van der Waals surface area contributed by atoms with E-state index in [1.807, 2.05) is 5.43 Å². The van der Waals surface area contributed by atoms with Crippen LogP contribution < -0.4 is 27.4 Å². The van der Waals surface area contributed by atoms with Crippen molar-refractivity contribution in [1.82, 2.24) is 5.43 Å². The fourth-order valence-electron chi connectivity index (χ4n) is 2.54. The molecule has 0 unspecified atom stereocenters. The number of hydrogen-bond acceptors (Lipinski definition) is 4. The lowest BCUT2D eigenvalue weighted by molar-refractivity contribution is 0.102. The lowest BCUT2D eigenvalue weighted by Crippen LogP contribution is -2.48. The van der Waals surface area contributed by atoms with E-state index < -0.39 is 11.9 Å². The molecule has 9 heteroatoms. The molecule has 0 spiro atoms. The molecule has 0 aliphatic heterocycles. The highest BCUT2D eigenvalue weighted by Gasteiger charge is 2.17. The van der Waals surface area contributed by atoms with E-state index in [9.17, 15) is 14.0 Å². The lowest BCUT2D eigenvalue weighted by Gasteiger charge is -2.20. The Morgan fingerprint density at radius 3 is 2.44 bits per heavy atom. The number of nitrogens with one attached hydrogen (secondary N) is 2. The monoisotopic (exact) mass is 387 g/mol. The largest absolute Gasteiger partial charge is 0.350 e. The minimum atomic E-state index is -0.791. The minimum absolute atomic E-state index is 0.154. The zero-order valence-corrected chi connectivity index (χ0v) is 14.6. The van der Waals surface area contributed by atoms with Crippen LogP contribution in [0, 0.1) is 5.82 Å². The molecular weight excluding hydrogens is 373 g/mol. The van der Waals surface area contributed by atoms with E-state index in [4.69, 9.17) is 23.3 Å². The van der Waals surface area contributed by atoms with Crippen LogP contribution in [0.3, 0.4) is 0 Å². The summed E-state index contributed by atoms with van der Waals surface area (Å²) in [6, 6.07) is 12.8. The van der Waals surface area contributed by atoms with Crippen LogP contribution in [0.25, 0.3) is 10.8 Å². The van der Waals surface area contributed by atoms with Crippen molar-refractivity contribution >= 4 is 45.7 Å². The third kappa shape index (κ3) is 3.98. The average Bonchev–Trinajstić information content (AvgIpc) is 2.67. The van der Waals surface area contributed by atoms with Crippen LogP contribution in [0.1, 0.15) is 10.4 Å². The molecule has 0 aliphatic rings. The highest BCUT2D eigenvalue weighted by atomic mass is 35.5. The van der Waals surface area contributed by atoms with Crippen molar-refractivity contribution in [2.24, 2.45) is 11.7 Å². The quantitative estimate of drug-likeness (QED) is 0.314. The Hall–Kier alpha value is -3.20. The number of nitrogens with zero attached hydrogens (tertiary/aromatic N) is 1. The predicted molar refractivity (Wildman–Crippen MR) is 103 cm³/mol. The van der Waals surface area contributed by atoms with E-state index in [0.29, 0.717) is 21.4 Å². The smallest absolute Gasteiger partial charge is 0.320 e. The topological polar surface area (TPSA) is 113 Å². The number of rotatable bonds is 3. The van der Waals surface area contributed by atoms with E-state index in [1.165, 1.54) is 30.3 Å². The van der Waals surface area contributed by atoms with E-state index in [2.05, 4.69) is 5.32 Å². The van der Waals surface area contributed by atoms with Gasteiger partial charge in [-0.25, -0.2) is 25.9 Å². The summed E-state index contributed by atoms with van der Waals surface area (Å²) in [6.07, 6.45) is 0. The van der Waals surface area contributed by atoms with Gasteiger partial charge in [-0.2, -0.15) is 0 Å². The van der Waals surface area contributed by atoms with Gasteiger partial charge in [0.15, 0.2) is 0 Å². The van der Waals surface area contributed by atoms with Gasteiger partial charge in [-0.1, -0.05) is 23.7 Å². The molecule has 0 aromatic heterocycles. The summed E-state index contributed by atoms with van der Waals surface area (Å²) in [5.41, 5.74) is 2.66. The van der Waals surface area contributed by atoms with Crippen LogP contribution in [0.4, 0.5) is 20.6 Å². The highest BCUT2D eigenvalue weighted by molar-refractivity contribution is 6.31. The van der Waals surface area contributed by atoms with Crippen LogP contribution in [-0.2, 0) is 0 Å². The third-order valence-corrected chi connectivity index (χ3v) is 4.11. The number of hydrazine groups is 2. The molecular formula is C18H15ClFN5O2. The SMILES string of the molecule is NNC(=O)N(N)c1cc(Cl)ccc1NC(=O)c1ccc2cc(F)ccc2c1. The summed E-state index contributed by atoms with van der Waals surface area (Å²) < 4.78 is 13.3. The van der Waals surface area contributed by atoms with Crippen molar-refractivity contribution < 1.29 is 14.0 Å². The molecule has 7 nitrogen and oxygen atoms in total. The third-order valence-electron chi connectivity index (χ3n) is 3.87. The number of benzene rings is 3. The van der Waals surface area contributed by atoms with Crippen molar-refractivity contribution in [3.05, 3.63) is 71.0 Å². The molecule has 3 rings (SSSR count). The van der Waals surface area contributed by atoms with Crippen molar-refractivity contribution in [1.29, 1.82) is 0 Å². The fourth-order valence-corrected chi connectivity index (χ4v) is 2.71. The molecule has 0 saturated carbocycles. The number of fused-ring (bicyclic) bond motifs is 1. The Bertz CT molecular complexity index is 1040. The zero-order valence-electron chi connectivity index (χ0n) is 13.9. The molecule has 0 bridgehead atoms. The number of halogens is 2. The van der Waals surface area contributed by atoms with Gasteiger partial charge < -0.3 is 5.32 Å². The number of carbonyl (C=O) groups excluding carboxylic acids is 2. The standard InChI is InChI=1S/C18H15ClFN5O2/c19-13-4-6-15(16(9-13)25(22)18(27)24-21)23-17(26)12-2-1-11-8-14(20)5-3-10(11)7-12/h1-9H,21-22H2,(H,23,26)(H,24,27). The van der Waals surface area contributed by atoms with Crippen LogP contribution in [0.2, 0.25) is 5.02 Å². The molecule has 0 aliphatic carbocycles. The maximum atomic E-state index is 13.3. The predicted octanol–water partition coefficient (Wildman–Crippen LogP) is 3.15. The molecule has 3 amide bonds. The molecule has 0 radical (unpaired) electrons. The van der Waals surface area contributed by atoms with Crippen LogP contribution >= 0.6 is 11.6 Å². The van der Waals surface area contributed by atoms with E-state index >= 15 is 0 Å². The summed E-state index contributed by atoms with van der Waals surface area (Å²) in [4.78, 5) is 24.3. The summed E-state index contributed by atoms with van der Waals surface area (Å²) in [6.45, 7) is 0. The van der Waals surface area contributed by atoms with Gasteiger partial charge in [-0.05, 0) is 53.2 Å². The first-order valence-corrected chi connectivity index (χ1v) is 8.12. The van der Waals surface area contributed by atoms with Crippen molar-refractivity contribution in [3.63, 3.8) is 0 Å². The number of anilines is 2. The van der Waals surface area contributed by atoms with Gasteiger partial charge in [-0.15, -0.1) is 0 Å². The van der Waals surface area contributed by atoms with Crippen molar-refractivity contribution in [3.8, 4) is 0 Å². The van der Waals surface area contributed by atoms with Crippen LogP contribution in [0.5, 0.6) is 0 Å². The Morgan fingerprint density at radius 1 is 1.00 bits per heavy atom. The molecule has 0 saturated heterocycles. The van der Waals surface area contributed by atoms with E-state index in [0.717, 1.165) is 5.01 Å². The van der Waals surface area contributed by atoms with E-state index in [-0.39, 0.29) is 17.2 Å². The first-order valence-electron chi connectivity index (χ1n) is 7.74. The normalized spacial score (nSPS) is 10.5. The number of urea groups is 1. The highest BCUT2D eigenvalue weighted by Crippen LogP contribution is 2.29. The van der Waals surface area contributed by atoms with Gasteiger partial charge >= 0.3 is 6.03 Å². The molecule has 0 fully saturated rings. The Morgan fingerprint density at radius 2 is 1.70 bits per heavy atom. The van der Waals surface area contributed by atoms with Crippen molar-refractivity contribution in [2.75, 3.05) is 10.3 Å². The summed E-state index contributed by atoms with van der Waals surface area (Å²) >= 11 is 5.95. The molecule has 3 aromatic carbocycles.